The Morgan fingerprint density at radius 1 is 1.39 bits per heavy atom. The summed E-state index contributed by atoms with van der Waals surface area (Å²) in [6.07, 6.45) is 1.40. The summed E-state index contributed by atoms with van der Waals surface area (Å²) in [5, 5.41) is 12.8. The van der Waals surface area contributed by atoms with Crippen LogP contribution in [0.1, 0.15) is 23.7 Å². The minimum absolute atomic E-state index is 0.0717. The minimum Gasteiger partial charge on any atom is -0.360 e. The van der Waals surface area contributed by atoms with Crippen molar-refractivity contribution in [3.05, 3.63) is 35.0 Å². The summed E-state index contributed by atoms with van der Waals surface area (Å²) in [7, 11) is 0. The van der Waals surface area contributed by atoms with Gasteiger partial charge < -0.3 is 10.3 Å². The maximum Gasteiger partial charge on any atom is 0.216 e. The van der Waals surface area contributed by atoms with Crippen molar-refractivity contribution in [2.24, 2.45) is 5.92 Å². The van der Waals surface area contributed by atoms with Crippen molar-refractivity contribution in [2.75, 3.05) is 6.54 Å². The van der Waals surface area contributed by atoms with Gasteiger partial charge in [-0.2, -0.15) is 5.26 Å². The van der Waals surface area contributed by atoms with Gasteiger partial charge in [-0.1, -0.05) is 17.7 Å². The molecule has 0 saturated carbocycles. The molecule has 0 bridgehead atoms. The van der Waals surface area contributed by atoms with Gasteiger partial charge in [0, 0.05) is 47.6 Å². The summed E-state index contributed by atoms with van der Waals surface area (Å²) in [6, 6.07) is 6.71. The normalized spacial score (nSPS) is 11.7. The number of nitriles is 1. The van der Waals surface area contributed by atoms with Crippen molar-refractivity contribution in [1.82, 2.24) is 10.3 Å². The van der Waals surface area contributed by atoms with Crippen LogP contribution in [-0.2, 0) is 9.59 Å². The SMILES string of the molecule is CC(=O)NCCC(=O)C(C#N)C(=O)c1c[nH]c2cc(Cl)ccc12. The summed E-state index contributed by atoms with van der Waals surface area (Å²) >= 11 is 5.88. The lowest BCUT2D eigenvalue weighted by molar-refractivity contribution is -0.120. The molecule has 6 nitrogen and oxygen atoms in total. The quantitative estimate of drug-likeness (QED) is 0.625. The number of benzene rings is 1. The van der Waals surface area contributed by atoms with Gasteiger partial charge in [0.1, 0.15) is 0 Å². The number of carbonyl (C=O) groups excluding carboxylic acids is 3. The van der Waals surface area contributed by atoms with E-state index >= 15 is 0 Å². The molecule has 0 spiro atoms. The van der Waals surface area contributed by atoms with Crippen LogP contribution >= 0.6 is 11.6 Å². The van der Waals surface area contributed by atoms with Crippen molar-refractivity contribution in [1.29, 1.82) is 5.26 Å². The molecule has 1 amide bonds. The van der Waals surface area contributed by atoms with Gasteiger partial charge >= 0.3 is 0 Å². The molecule has 1 aromatic carbocycles. The molecular weight excluding hydrogens is 318 g/mol. The van der Waals surface area contributed by atoms with Crippen molar-refractivity contribution >= 4 is 40.0 Å². The fourth-order valence-electron chi connectivity index (χ4n) is 2.24. The Hall–Kier alpha value is -2.65. The predicted molar refractivity (Wildman–Crippen MR) is 85.0 cm³/mol. The average Bonchev–Trinajstić information content (AvgIpc) is 2.90. The van der Waals surface area contributed by atoms with E-state index in [4.69, 9.17) is 11.6 Å². The van der Waals surface area contributed by atoms with Gasteiger partial charge in [-0.3, -0.25) is 14.4 Å². The summed E-state index contributed by atoms with van der Waals surface area (Å²) in [5.74, 6) is -2.74. The molecule has 118 valence electrons. The third-order valence-electron chi connectivity index (χ3n) is 3.37. The molecule has 0 aliphatic rings. The van der Waals surface area contributed by atoms with Gasteiger partial charge in [-0.25, -0.2) is 0 Å². The number of aromatic nitrogens is 1. The van der Waals surface area contributed by atoms with Crippen LogP contribution in [-0.4, -0.2) is 29.0 Å². The summed E-state index contributed by atoms with van der Waals surface area (Å²) in [4.78, 5) is 38.2. The highest BCUT2D eigenvalue weighted by atomic mass is 35.5. The largest absolute Gasteiger partial charge is 0.360 e. The van der Waals surface area contributed by atoms with Gasteiger partial charge in [0.15, 0.2) is 17.5 Å². The Labute approximate surface area is 137 Å². The van der Waals surface area contributed by atoms with Crippen molar-refractivity contribution in [3.8, 4) is 6.07 Å². The summed E-state index contributed by atoms with van der Waals surface area (Å²) in [6.45, 7) is 1.43. The maximum absolute atomic E-state index is 12.5. The fourth-order valence-corrected chi connectivity index (χ4v) is 2.41. The molecule has 2 N–H and O–H groups in total. The average molecular weight is 332 g/mol. The van der Waals surface area contributed by atoms with E-state index in [1.807, 2.05) is 0 Å². The number of carbonyl (C=O) groups is 3. The van der Waals surface area contributed by atoms with E-state index in [0.29, 0.717) is 15.9 Å². The smallest absolute Gasteiger partial charge is 0.216 e. The Kier molecular flexibility index (Phi) is 5.14. The van der Waals surface area contributed by atoms with Crippen LogP contribution in [0.25, 0.3) is 10.9 Å². The predicted octanol–water partition coefficient (Wildman–Crippen LogP) is 2.24. The zero-order valence-corrected chi connectivity index (χ0v) is 13.1. The molecule has 0 radical (unpaired) electrons. The molecule has 2 rings (SSSR count). The van der Waals surface area contributed by atoms with Gasteiger partial charge in [0.25, 0.3) is 0 Å². The maximum atomic E-state index is 12.5. The molecule has 1 atom stereocenters. The van der Waals surface area contributed by atoms with Gasteiger partial charge in [-0.05, 0) is 12.1 Å². The number of amides is 1. The highest BCUT2D eigenvalue weighted by molar-refractivity contribution is 6.31. The number of Topliss-reactive ketones (excluding diaryl/α,β-unsaturated/α-hetero) is 2. The highest BCUT2D eigenvalue weighted by Crippen LogP contribution is 2.24. The molecule has 23 heavy (non-hydrogen) atoms. The third kappa shape index (κ3) is 3.76. The van der Waals surface area contributed by atoms with Crippen LogP contribution in [0, 0.1) is 17.2 Å². The molecule has 0 fully saturated rings. The van der Waals surface area contributed by atoms with Gasteiger partial charge in [-0.15, -0.1) is 0 Å². The number of hydrogen-bond donors (Lipinski definition) is 2. The van der Waals surface area contributed by atoms with Crippen LogP contribution in [0.4, 0.5) is 0 Å². The van der Waals surface area contributed by atoms with Gasteiger partial charge in [0.2, 0.25) is 5.91 Å². The van der Waals surface area contributed by atoms with Crippen LogP contribution in [0.15, 0.2) is 24.4 Å². The molecule has 0 aliphatic carbocycles. The van der Waals surface area contributed by atoms with Crippen LogP contribution in [0.3, 0.4) is 0 Å². The third-order valence-corrected chi connectivity index (χ3v) is 3.60. The number of nitrogens with one attached hydrogen (secondary N) is 2. The number of ketones is 2. The van der Waals surface area contributed by atoms with E-state index in [0.717, 1.165) is 0 Å². The first kappa shape index (κ1) is 16.7. The molecule has 0 saturated heterocycles. The van der Waals surface area contributed by atoms with E-state index in [1.54, 1.807) is 24.3 Å². The summed E-state index contributed by atoms with van der Waals surface area (Å²) in [5.41, 5.74) is 0.930. The summed E-state index contributed by atoms with van der Waals surface area (Å²) < 4.78 is 0. The number of fused-ring (bicyclic) bond motifs is 1. The monoisotopic (exact) mass is 331 g/mol. The fraction of sp³-hybridized carbons (Fsp3) is 0.250. The molecule has 1 heterocycles. The van der Waals surface area contributed by atoms with E-state index in [9.17, 15) is 19.6 Å². The number of rotatable bonds is 6. The lowest BCUT2D eigenvalue weighted by Gasteiger charge is -2.07. The van der Waals surface area contributed by atoms with E-state index in [-0.39, 0.29) is 24.4 Å². The molecular formula is C16H14ClN3O3. The zero-order valence-electron chi connectivity index (χ0n) is 12.4. The Morgan fingerprint density at radius 2 is 2.13 bits per heavy atom. The Morgan fingerprint density at radius 3 is 2.78 bits per heavy atom. The molecule has 1 aromatic heterocycles. The first-order chi connectivity index (χ1) is 10.9. The minimum atomic E-state index is -1.39. The van der Waals surface area contributed by atoms with E-state index in [1.165, 1.54) is 13.1 Å². The molecule has 7 heteroatoms. The van der Waals surface area contributed by atoms with Gasteiger partial charge in [0.05, 0.1) is 6.07 Å². The lowest BCUT2D eigenvalue weighted by atomic mass is 9.93. The topological polar surface area (TPSA) is 103 Å². The first-order valence-electron chi connectivity index (χ1n) is 6.91. The van der Waals surface area contributed by atoms with Crippen molar-refractivity contribution in [2.45, 2.75) is 13.3 Å². The molecule has 0 aliphatic heterocycles. The van der Waals surface area contributed by atoms with Crippen molar-refractivity contribution < 1.29 is 14.4 Å². The molecule has 2 aromatic rings. The van der Waals surface area contributed by atoms with Crippen LogP contribution in [0.5, 0.6) is 0 Å². The zero-order chi connectivity index (χ0) is 17.0. The Balaban J connectivity index is 2.20. The second kappa shape index (κ2) is 7.07. The van der Waals surface area contributed by atoms with Crippen LogP contribution in [0.2, 0.25) is 5.02 Å². The second-order valence-electron chi connectivity index (χ2n) is 5.02. The van der Waals surface area contributed by atoms with Crippen molar-refractivity contribution in [3.63, 3.8) is 0 Å². The Bertz CT molecular complexity index is 820. The highest BCUT2D eigenvalue weighted by Gasteiger charge is 2.28. The lowest BCUT2D eigenvalue weighted by Crippen LogP contribution is -2.28. The van der Waals surface area contributed by atoms with E-state index < -0.39 is 17.5 Å². The van der Waals surface area contributed by atoms with Crippen LogP contribution < -0.4 is 5.32 Å². The second-order valence-corrected chi connectivity index (χ2v) is 5.45. The number of H-pyrrole nitrogens is 1. The number of aromatic amines is 1. The van der Waals surface area contributed by atoms with E-state index in [2.05, 4.69) is 10.3 Å². The number of hydrogen-bond acceptors (Lipinski definition) is 4. The number of halogens is 1. The standard InChI is InChI=1S/C16H14ClN3O3/c1-9(21)19-5-4-15(22)12(7-18)16(23)13-8-20-14-6-10(17)2-3-11(13)14/h2-3,6,8,12,20H,4-5H2,1H3,(H,19,21). The first-order valence-corrected chi connectivity index (χ1v) is 7.29. The number of nitrogens with zero attached hydrogens (tertiary/aromatic N) is 1. The molecule has 1 unspecified atom stereocenters.